The molecule has 1 N–H and O–H groups in total. The molecule has 2 aliphatic heterocycles. The number of likely N-dealkylation sites (tertiary alicyclic amines) is 1. The summed E-state index contributed by atoms with van der Waals surface area (Å²) in [6, 6.07) is 10.1. The van der Waals surface area contributed by atoms with Gasteiger partial charge in [0.2, 0.25) is 0 Å². The fourth-order valence-electron chi connectivity index (χ4n) is 4.46. The third kappa shape index (κ3) is 3.41. The van der Waals surface area contributed by atoms with Crippen LogP contribution in [0, 0.1) is 5.41 Å². The fourth-order valence-corrected chi connectivity index (χ4v) is 4.46. The molecule has 0 saturated carbocycles. The molecule has 0 amide bonds. The molecule has 25 heavy (non-hydrogen) atoms. The van der Waals surface area contributed by atoms with Gasteiger partial charge in [0.25, 0.3) is 0 Å². The number of fused-ring (bicyclic) bond motifs is 1. The van der Waals surface area contributed by atoms with Gasteiger partial charge in [-0.15, -0.1) is 0 Å². The fraction of sp³-hybridized carbons (Fsp3) is 0.619. The van der Waals surface area contributed by atoms with E-state index >= 15 is 0 Å². The van der Waals surface area contributed by atoms with Crippen LogP contribution in [-0.4, -0.2) is 52.4 Å². The molecule has 1 aromatic rings. The smallest absolute Gasteiger partial charge is 0.0961 e. The zero-order chi connectivity index (χ0) is 18.4. The highest BCUT2D eigenvalue weighted by atomic mass is 16.7. The van der Waals surface area contributed by atoms with E-state index in [0.717, 1.165) is 24.2 Å². The largest absolute Gasteiger partial charge is 0.387 e. The van der Waals surface area contributed by atoms with Crippen molar-refractivity contribution in [1.82, 2.24) is 9.96 Å². The highest BCUT2D eigenvalue weighted by Crippen LogP contribution is 2.49. The summed E-state index contributed by atoms with van der Waals surface area (Å²) in [6.07, 6.45) is -0.557. The van der Waals surface area contributed by atoms with Gasteiger partial charge < -0.3 is 5.11 Å². The van der Waals surface area contributed by atoms with Gasteiger partial charge in [-0.25, -0.2) is 0 Å². The molecule has 0 spiro atoms. The first-order valence-electron chi connectivity index (χ1n) is 9.17. The summed E-state index contributed by atoms with van der Waals surface area (Å²) in [7, 11) is 0. The maximum atomic E-state index is 11.3. The second-order valence-corrected chi connectivity index (χ2v) is 9.08. The lowest BCUT2D eigenvalue weighted by atomic mass is 9.81. The van der Waals surface area contributed by atoms with E-state index in [9.17, 15) is 5.11 Å². The molecule has 2 fully saturated rings. The van der Waals surface area contributed by atoms with Crippen LogP contribution in [0.15, 0.2) is 42.5 Å². The highest BCUT2D eigenvalue weighted by Gasteiger charge is 2.60. The maximum Gasteiger partial charge on any atom is 0.0961 e. The van der Waals surface area contributed by atoms with Crippen LogP contribution < -0.4 is 0 Å². The molecule has 2 aliphatic rings. The zero-order valence-electron chi connectivity index (χ0n) is 16.2. The molecule has 0 radical (unpaired) electrons. The zero-order valence-corrected chi connectivity index (χ0v) is 16.2. The maximum absolute atomic E-state index is 11.3. The van der Waals surface area contributed by atoms with E-state index < -0.39 is 6.10 Å². The van der Waals surface area contributed by atoms with Gasteiger partial charge in [-0.3, -0.25) is 9.74 Å². The van der Waals surface area contributed by atoms with Crippen LogP contribution in [-0.2, 0) is 4.84 Å². The Morgan fingerprint density at radius 2 is 2.00 bits per heavy atom. The van der Waals surface area contributed by atoms with Crippen LogP contribution in [0.2, 0.25) is 0 Å². The van der Waals surface area contributed by atoms with Crippen LogP contribution >= 0.6 is 0 Å². The SMILES string of the molecule is C=C(C)CN1C[C@]2(C)CON(C(C)(C)C)[C@@H]2[C@H]1[C@@H](O)c1ccccc1. The quantitative estimate of drug-likeness (QED) is 0.849. The van der Waals surface area contributed by atoms with Gasteiger partial charge in [0, 0.05) is 24.0 Å². The van der Waals surface area contributed by atoms with Gasteiger partial charge in [-0.05, 0) is 33.3 Å². The normalized spacial score (nSPS) is 31.9. The first-order valence-corrected chi connectivity index (χ1v) is 9.17. The first kappa shape index (κ1) is 18.6. The van der Waals surface area contributed by atoms with Crippen molar-refractivity contribution in [3.8, 4) is 0 Å². The minimum Gasteiger partial charge on any atom is -0.387 e. The van der Waals surface area contributed by atoms with Gasteiger partial charge in [-0.2, -0.15) is 5.06 Å². The molecule has 2 saturated heterocycles. The van der Waals surface area contributed by atoms with E-state index in [1.807, 2.05) is 30.3 Å². The second-order valence-electron chi connectivity index (χ2n) is 9.08. The summed E-state index contributed by atoms with van der Waals surface area (Å²) in [5.74, 6) is 0. The molecule has 0 aromatic heterocycles. The Hall–Kier alpha value is -1.20. The number of nitrogens with zero attached hydrogens (tertiary/aromatic N) is 2. The number of aliphatic hydroxyl groups excluding tert-OH is 1. The van der Waals surface area contributed by atoms with Crippen LogP contribution in [0.3, 0.4) is 0 Å². The van der Waals surface area contributed by atoms with E-state index in [0.29, 0.717) is 6.61 Å². The van der Waals surface area contributed by atoms with E-state index in [1.54, 1.807) is 0 Å². The molecule has 2 heterocycles. The van der Waals surface area contributed by atoms with Crippen LogP contribution in [0.25, 0.3) is 0 Å². The predicted molar refractivity (Wildman–Crippen MR) is 101 cm³/mol. The number of hydroxylamine groups is 2. The van der Waals surface area contributed by atoms with Crippen molar-refractivity contribution in [3.63, 3.8) is 0 Å². The van der Waals surface area contributed by atoms with Crippen molar-refractivity contribution in [1.29, 1.82) is 0 Å². The average molecular weight is 344 g/mol. The lowest BCUT2D eigenvalue weighted by Gasteiger charge is -2.41. The number of hydrogen-bond donors (Lipinski definition) is 1. The van der Waals surface area contributed by atoms with Gasteiger partial charge in [0.1, 0.15) is 0 Å². The second kappa shape index (κ2) is 6.51. The van der Waals surface area contributed by atoms with E-state index in [1.165, 1.54) is 0 Å². The number of aliphatic hydroxyl groups is 1. The van der Waals surface area contributed by atoms with Gasteiger partial charge in [0.15, 0.2) is 0 Å². The summed E-state index contributed by atoms with van der Waals surface area (Å²) in [5.41, 5.74) is 1.97. The number of benzene rings is 1. The molecular formula is C21H32N2O2. The molecule has 1 aromatic carbocycles. The molecule has 4 nitrogen and oxygen atoms in total. The summed E-state index contributed by atoms with van der Waals surface area (Å²) < 4.78 is 0. The van der Waals surface area contributed by atoms with Crippen LogP contribution in [0.4, 0.5) is 0 Å². The molecule has 138 valence electrons. The van der Waals surface area contributed by atoms with Crippen LogP contribution in [0.1, 0.15) is 46.3 Å². The molecule has 0 aliphatic carbocycles. The molecule has 0 unspecified atom stereocenters. The van der Waals surface area contributed by atoms with E-state index in [4.69, 9.17) is 4.84 Å². The number of rotatable bonds is 4. The third-order valence-corrected chi connectivity index (χ3v) is 5.41. The Bertz CT molecular complexity index is 625. The lowest BCUT2D eigenvalue weighted by Crippen LogP contribution is -2.54. The Morgan fingerprint density at radius 3 is 2.56 bits per heavy atom. The Kier molecular flexibility index (Phi) is 4.84. The summed E-state index contributed by atoms with van der Waals surface area (Å²) in [6.45, 7) is 17.4. The third-order valence-electron chi connectivity index (χ3n) is 5.41. The predicted octanol–water partition coefficient (Wildman–Crippen LogP) is 3.40. The van der Waals surface area contributed by atoms with Crippen molar-refractivity contribution in [2.75, 3.05) is 19.7 Å². The molecular weight excluding hydrogens is 312 g/mol. The van der Waals surface area contributed by atoms with Gasteiger partial charge in [-0.1, -0.05) is 49.4 Å². The van der Waals surface area contributed by atoms with Crippen molar-refractivity contribution < 1.29 is 9.94 Å². The molecule has 3 rings (SSSR count). The molecule has 4 heteroatoms. The summed E-state index contributed by atoms with van der Waals surface area (Å²) >= 11 is 0. The lowest BCUT2D eigenvalue weighted by molar-refractivity contribution is -0.201. The Labute approximate surface area is 152 Å². The number of hydrogen-bond acceptors (Lipinski definition) is 4. The molecule has 0 bridgehead atoms. The minimum absolute atomic E-state index is 0.00313. The topological polar surface area (TPSA) is 35.9 Å². The monoisotopic (exact) mass is 344 g/mol. The van der Waals surface area contributed by atoms with Gasteiger partial charge in [0.05, 0.1) is 24.8 Å². The standard InChI is InChI=1S/C21H32N2O2/c1-15(2)12-22-13-21(6)14-25-23(20(3,4)5)19(21)17(22)18(24)16-10-8-7-9-11-16/h7-11,17-19,24H,1,12-14H2,2-6H3/t17-,18+,19-,21-/m1/s1. The molecule has 4 atom stereocenters. The average Bonchev–Trinajstić information content (AvgIpc) is 2.97. The van der Waals surface area contributed by atoms with Crippen molar-refractivity contribution >= 4 is 0 Å². The summed E-state index contributed by atoms with van der Waals surface area (Å²) in [5, 5.41) is 13.4. The Balaban J connectivity index is 2.00. The van der Waals surface area contributed by atoms with Crippen molar-refractivity contribution in [2.45, 2.75) is 58.3 Å². The van der Waals surface area contributed by atoms with E-state index in [2.05, 4.69) is 51.2 Å². The van der Waals surface area contributed by atoms with Gasteiger partial charge >= 0.3 is 0 Å². The summed E-state index contributed by atoms with van der Waals surface area (Å²) in [4.78, 5) is 8.52. The highest BCUT2D eigenvalue weighted by molar-refractivity contribution is 5.23. The van der Waals surface area contributed by atoms with Crippen LogP contribution in [0.5, 0.6) is 0 Å². The Morgan fingerprint density at radius 1 is 1.36 bits per heavy atom. The van der Waals surface area contributed by atoms with E-state index in [-0.39, 0.29) is 23.0 Å². The minimum atomic E-state index is -0.557. The van der Waals surface area contributed by atoms with Crippen molar-refractivity contribution in [3.05, 3.63) is 48.0 Å². The first-order chi connectivity index (χ1) is 11.6. The van der Waals surface area contributed by atoms with Crippen molar-refractivity contribution in [2.24, 2.45) is 5.41 Å².